The quantitative estimate of drug-likeness (QED) is 0.762. The first-order valence-corrected chi connectivity index (χ1v) is 7.62. The number of carbonyl (C=O) groups is 1. The number of likely N-dealkylation sites (tertiary alicyclic amines) is 1. The number of rotatable bonds is 5. The van der Waals surface area contributed by atoms with Crippen molar-refractivity contribution >= 4 is 5.91 Å². The third-order valence-corrected chi connectivity index (χ3v) is 4.17. The van der Waals surface area contributed by atoms with Gasteiger partial charge in [-0.1, -0.05) is 12.1 Å². The van der Waals surface area contributed by atoms with Gasteiger partial charge in [-0.15, -0.1) is 0 Å². The van der Waals surface area contributed by atoms with E-state index in [-0.39, 0.29) is 23.6 Å². The minimum absolute atomic E-state index is 0.0325. The molecule has 21 heavy (non-hydrogen) atoms. The van der Waals surface area contributed by atoms with Gasteiger partial charge >= 0.3 is 0 Å². The zero-order valence-corrected chi connectivity index (χ0v) is 12.6. The van der Waals surface area contributed by atoms with Crippen LogP contribution in [0.5, 0.6) is 5.75 Å². The molecule has 0 radical (unpaired) electrons. The Morgan fingerprint density at radius 1 is 1.57 bits per heavy atom. The third kappa shape index (κ3) is 4.19. The summed E-state index contributed by atoms with van der Waals surface area (Å²) in [5.41, 5.74) is 6.50. The minimum Gasteiger partial charge on any atom is -0.508 e. The fourth-order valence-corrected chi connectivity index (χ4v) is 2.91. The number of nitrogens with zero attached hydrogens (tertiary/aromatic N) is 1. The van der Waals surface area contributed by atoms with E-state index in [1.165, 1.54) is 0 Å². The largest absolute Gasteiger partial charge is 0.508 e. The van der Waals surface area contributed by atoms with Crippen LogP contribution in [-0.4, -0.2) is 42.1 Å². The van der Waals surface area contributed by atoms with Crippen molar-refractivity contribution in [2.24, 2.45) is 11.7 Å². The number of hydrogen-bond acceptors (Lipinski definition) is 4. The van der Waals surface area contributed by atoms with Gasteiger partial charge in [0.05, 0.1) is 5.92 Å². The van der Waals surface area contributed by atoms with Gasteiger partial charge in [0.25, 0.3) is 0 Å². The number of aromatic hydroxyl groups is 1. The van der Waals surface area contributed by atoms with Crippen LogP contribution in [0, 0.1) is 5.92 Å². The molecule has 116 valence electrons. The number of amides is 1. The lowest BCUT2D eigenvalue weighted by Gasteiger charge is -2.36. The van der Waals surface area contributed by atoms with Crippen molar-refractivity contribution in [2.45, 2.75) is 25.8 Å². The third-order valence-electron chi connectivity index (χ3n) is 4.17. The van der Waals surface area contributed by atoms with Crippen LogP contribution >= 0.6 is 0 Å². The van der Waals surface area contributed by atoms with E-state index in [1.54, 1.807) is 12.1 Å². The molecule has 0 bridgehead atoms. The van der Waals surface area contributed by atoms with Crippen LogP contribution in [0.3, 0.4) is 0 Å². The lowest BCUT2D eigenvalue weighted by atomic mass is 9.94. The Balaban J connectivity index is 1.98. The molecule has 1 fully saturated rings. The smallest absolute Gasteiger partial charge is 0.224 e. The number of piperidine rings is 1. The molecule has 0 saturated carbocycles. The number of hydrogen-bond donors (Lipinski definition) is 3. The number of carbonyl (C=O) groups excluding carboxylic acids is 1. The fraction of sp³-hybridized carbons (Fsp3) is 0.562. The molecule has 1 aromatic carbocycles. The van der Waals surface area contributed by atoms with E-state index in [1.807, 2.05) is 12.1 Å². The molecule has 0 spiro atoms. The summed E-state index contributed by atoms with van der Waals surface area (Å²) in [6.45, 7) is 4.87. The molecule has 0 aromatic heterocycles. The Morgan fingerprint density at radius 2 is 2.38 bits per heavy atom. The van der Waals surface area contributed by atoms with Gasteiger partial charge in [0.15, 0.2) is 0 Å². The second kappa shape index (κ2) is 7.43. The van der Waals surface area contributed by atoms with E-state index >= 15 is 0 Å². The highest BCUT2D eigenvalue weighted by molar-refractivity contribution is 5.78. The zero-order chi connectivity index (χ0) is 15.2. The van der Waals surface area contributed by atoms with Gasteiger partial charge in [0.1, 0.15) is 5.75 Å². The summed E-state index contributed by atoms with van der Waals surface area (Å²) >= 11 is 0. The van der Waals surface area contributed by atoms with Gasteiger partial charge in [0.2, 0.25) is 5.91 Å². The number of nitrogens with one attached hydrogen (secondary N) is 1. The van der Waals surface area contributed by atoms with Gasteiger partial charge in [-0.05, 0) is 44.0 Å². The first-order valence-electron chi connectivity index (χ1n) is 7.62. The topological polar surface area (TPSA) is 78.6 Å². The van der Waals surface area contributed by atoms with Crippen molar-refractivity contribution in [1.82, 2.24) is 10.2 Å². The molecule has 1 aromatic rings. The van der Waals surface area contributed by atoms with Crippen LogP contribution in [0.15, 0.2) is 24.3 Å². The Morgan fingerprint density at radius 3 is 3.10 bits per heavy atom. The molecule has 2 atom stereocenters. The molecule has 5 heteroatoms. The Kier molecular flexibility index (Phi) is 5.59. The summed E-state index contributed by atoms with van der Waals surface area (Å²) in [5, 5.41) is 12.5. The molecule has 2 unspecified atom stereocenters. The first-order chi connectivity index (χ1) is 10.1. The Labute approximate surface area is 126 Å². The number of phenols is 1. The van der Waals surface area contributed by atoms with Crippen molar-refractivity contribution in [3.63, 3.8) is 0 Å². The summed E-state index contributed by atoms with van der Waals surface area (Å²) in [6.07, 6.45) is 1.95. The molecular weight excluding hydrogens is 266 g/mol. The van der Waals surface area contributed by atoms with E-state index in [2.05, 4.69) is 17.1 Å². The van der Waals surface area contributed by atoms with Crippen LogP contribution in [0.1, 0.15) is 31.4 Å². The molecule has 1 amide bonds. The van der Waals surface area contributed by atoms with Gasteiger partial charge < -0.3 is 16.2 Å². The normalized spacial score (nSPS) is 21.0. The van der Waals surface area contributed by atoms with Crippen molar-refractivity contribution in [3.8, 4) is 5.75 Å². The molecule has 1 saturated heterocycles. The van der Waals surface area contributed by atoms with Crippen molar-refractivity contribution < 1.29 is 9.90 Å². The number of nitrogens with two attached hydrogens (primary N) is 1. The average molecular weight is 291 g/mol. The maximum absolute atomic E-state index is 12.1. The zero-order valence-electron chi connectivity index (χ0n) is 12.6. The lowest BCUT2D eigenvalue weighted by molar-refractivity contribution is -0.126. The summed E-state index contributed by atoms with van der Waals surface area (Å²) in [7, 11) is 0. The van der Waals surface area contributed by atoms with E-state index < -0.39 is 0 Å². The first kappa shape index (κ1) is 15.8. The molecule has 2 rings (SSSR count). The van der Waals surface area contributed by atoms with Crippen LogP contribution < -0.4 is 11.1 Å². The van der Waals surface area contributed by atoms with E-state index in [0.29, 0.717) is 13.1 Å². The second-order valence-corrected chi connectivity index (χ2v) is 5.68. The molecule has 1 heterocycles. The maximum atomic E-state index is 12.1. The van der Waals surface area contributed by atoms with Gasteiger partial charge in [-0.3, -0.25) is 9.69 Å². The van der Waals surface area contributed by atoms with E-state index in [9.17, 15) is 9.90 Å². The Bertz CT molecular complexity index is 478. The number of phenolic OH excluding ortho intramolecular Hbond substituents is 1. The van der Waals surface area contributed by atoms with Crippen LogP contribution in [0.2, 0.25) is 0 Å². The molecule has 5 nitrogen and oxygen atoms in total. The van der Waals surface area contributed by atoms with Crippen LogP contribution in [0.25, 0.3) is 0 Å². The number of benzene rings is 1. The van der Waals surface area contributed by atoms with Crippen LogP contribution in [-0.2, 0) is 4.79 Å². The predicted molar refractivity (Wildman–Crippen MR) is 82.9 cm³/mol. The van der Waals surface area contributed by atoms with Gasteiger partial charge in [0, 0.05) is 25.7 Å². The minimum atomic E-state index is 0.0325. The molecule has 0 aliphatic carbocycles. The SMILES string of the molecule is CC(c1cccc(O)c1)N1CCCC(C(=O)NCCN)C1. The highest BCUT2D eigenvalue weighted by Crippen LogP contribution is 2.28. The fourth-order valence-electron chi connectivity index (χ4n) is 2.91. The van der Waals surface area contributed by atoms with Gasteiger partial charge in [-0.2, -0.15) is 0 Å². The molecule has 4 N–H and O–H groups in total. The summed E-state index contributed by atoms with van der Waals surface area (Å²) in [4.78, 5) is 14.4. The van der Waals surface area contributed by atoms with Crippen LogP contribution in [0.4, 0.5) is 0 Å². The molecule has 1 aliphatic heterocycles. The highest BCUT2D eigenvalue weighted by atomic mass is 16.3. The van der Waals surface area contributed by atoms with Gasteiger partial charge in [-0.25, -0.2) is 0 Å². The summed E-state index contributed by atoms with van der Waals surface area (Å²) in [5.74, 6) is 0.423. The standard InChI is InChI=1S/C16H25N3O2/c1-12(13-4-2-6-15(20)10-13)19-9-3-5-14(11-19)16(21)18-8-7-17/h2,4,6,10,12,14,20H,3,5,7-9,11,17H2,1H3,(H,18,21). The average Bonchev–Trinajstić information content (AvgIpc) is 2.52. The maximum Gasteiger partial charge on any atom is 0.224 e. The van der Waals surface area contributed by atoms with Crippen molar-refractivity contribution in [2.75, 3.05) is 26.2 Å². The Hall–Kier alpha value is -1.59. The molecular formula is C16H25N3O2. The highest BCUT2D eigenvalue weighted by Gasteiger charge is 2.28. The second-order valence-electron chi connectivity index (χ2n) is 5.68. The monoisotopic (exact) mass is 291 g/mol. The van der Waals surface area contributed by atoms with Crippen molar-refractivity contribution in [3.05, 3.63) is 29.8 Å². The van der Waals surface area contributed by atoms with E-state index in [4.69, 9.17) is 5.73 Å². The summed E-state index contributed by atoms with van der Waals surface area (Å²) < 4.78 is 0. The van der Waals surface area contributed by atoms with Crippen molar-refractivity contribution in [1.29, 1.82) is 0 Å². The summed E-state index contributed by atoms with van der Waals surface area (Å²) in [6, 6.07) is 7.54. The van der Waals surface area contributed by atoms with E-state index in [0.717, 1.165) is 31.5 Å². The lowest BCUT2D eigenvalue weighted by Crippen LogP contribution is -2.44. The molecule has 1 aliphatic rings. The predicted octanol–water partition coefficient (Wildman–Crippen LogP) is 1.24.